The molecular weight excluding hydrogens is 268 g/mol. The van der Waals surface area contributed by atoms with Gasteiger partial charge in [-0.15, -0.1) is 0 Å². The van der Waals surface area contributed by atoms with Crippen LogP contribution in [-0.4, -0.2) is 5.60 Å². The third-order valence-corrected chi connectivity index (χ3v) is 5.54. The van der Waals surface area contributed by atoms with Gasteiger partial charge in [-0.25, -0.2) is 0 Å². The van der Waals surface area contributed by atoms with E-state index in [2.05, 4.69) is 53.7 Å². The molecule has 122 valence electrons. The number of hydrogen-bond acceptors (Lipinski definition) is 1. The molecular formula is C21H32O. The predicted octanol–water partition coefficient (Wildman–Crippen LogP) is 5.92. The van der Waals surface area contributed by atoms with Crippen molar-refractivity contribution in [2.45, 2.75) is 96.5 Å². The highest BCUT2D eigenvalue weighted by molar-refractivity contribution is 5.53. The summed E-state index contributed by atoms with van der Waals surface area (Å²) >= 11 is 0. The molecule has 0 aromatic heterocycles. The van der Waals surface area contributed by atoms with Crippen LogP contribution in [0.2, 0.25) is 0 Å². The molecule has 1 aliphatic carbocycles. The average molecular weight is 300 g/mol. The van der Waals surface area contributed by atoms with Crippen LogP contribution in [-0.2, 0) is 17.3 Å². The summed E-state index contributed by atoms with van der Waals surface area (Å²) in [7, 11) is 0. The van der Waals surface area contributed by atoms with Crippen molar-refractivity contribution >= 4 is 0 Å². The smallest absolute Gasteiger partial charge is 0.127 e. The molecule has 1 saturated carbocycles. The van der Waals surface area contributed by atoms with Gasteiger partial charge >= 0.3 is 0 Å². The minimum atomic E-state index is 0.137. The second kappa shape index (κ2) is 5.01. The van der Waals surface area contributed by atoms with E-state index in [1.807, 2.05) is 0 Å². The largest absolute Gasteiger partial charge is 0.487 e. The Balaban J connectivity index is 2.14. The Morgan fingerprint density at radius 1 is 0.818 bits per heavy atom. The molecule has 0 amide bonds. The van der Waals surface area contributed by atoms with Crippen LogP contribution >= 0.6 is 0 Å². The molecule has 0 saturated heterocycles. The van der Waals surface area contributed by atoms with Crippen molar-refractivity contribution in [1.29, 1.82) is 0 Å². The molecule has 1 heterocycles. The first-order valence-electron chi connectivity index (χ1n) is 8.98. The molecule has 1 aromatic carbocycles. The quantitative estimate of drug-likeness (QED) is 0.578. The van der Waals surface area contributed by atoms with Crippen molar-refractivity contribution < 1.29 is 4.74 Å². The number of benzene rings is 1. The maximum atomic E-state index is 6.77. The Labute approximate surface area is 136 Å². The van der Waals surface area contributed by atoms with E-state index in [9.17, 15) is 0 Å². The van der Waals surface area contributed by atoms with Gasteiger partial charge in [-0.2, -0.15) is 0 Å². The first-order chi connectivity index (χ1) is 10.1. The van der Waals surface area contributed by atoms with Gasteiger partial charge in [0.1, 0.15) is 11.4 Å². The monoisotopic (exact) mass is 300 g/mol. The lowest BCUT2D eigenvalue weighted by atomic mass is 9.75. The molecule has 1 nitrogen and oxygen atoms in total. The van der Waals surface area contributed by atoms with Crippen molar-refractivity contribution in [1.82, 2.24) is 0 Å². The van der Waals surface area contributed by atoms with E-state index in [-0.39, 0.29) is 16.4 Å². The summed E-state index contributed by atoms with van der Waals surface area (Å²) in [5, 5.41) is 0. The van der Waals surface area contributed by atoms with Crippen molar-refractivity contribution in [3.05, 3.63) is 28.8 Å². The summed E-state index contributed by atoms with van der Waals surface area (Å²) in [4.78, 5) is 0. The van der Waals surface area contributed by atoms with Crippen LogP contribution in [0.3, 0.4) is 0 Å². The molecule has 0 radical (unpaired) electrons. The minimum Gasteiger partial charge on any atom is -0.487 e. The third-order valence-electron chi connectivity index (χ3n) is 5.54. The molecule has 1 aromatic rings. The van der Waals surface area contributed by atoms with Crippen LogP contribution < -0.4 is 4.74 Å². The molecule has 0 N–H and O–H groups in total. The number of rotatable bonds is 0. The summed E-state index contributed by atoms with van der Waals surface area (Å²) < 4.78 is 6.77. The predicted molar refractivity (Wildman–Crippen MR) is 94.0 cm³/mol. The summed E-state index contributed by atoms with van der Waals surface area (Å²) in [6.07, 6.45) is 7.55. The number of fused-ring (bicyclic) bond motifs is 1. The topological polar surface area (TPSA) is 9.23 Å². The van der Waals surface area contributed by atoms with Gasteiger partial charge in [0, 0.05) is 0 Å². The summed E-state index contributed by atoms with van der Waals surface area (Å²) in [6, 6.07) is 4.68. The van der Waals surface area contributed by atoms with Crippen LogP contribution in [0.5, 0.6) is 5.75 Å². The molecule has 1 fully saturated rings. The Bertz CT molecular complexity index is 563. The highest BCUT2D eigenvalue weighted by Crippen LogP contribution is 2.49. The van der Waals surface area contributed by atoms with E-state index < -0.39 is 0 Å². The number of hydrogen-bond donors (Lipinski definition) is 0. The SMILES string of the molecule is CC(C)(C)c1ccc(C(C)(C)C)c2c1CCC1(CCCC1)O2. The zero-order valence-electron chi connectivity index (χ0n) is 15.3. The zero-order chi connectivity index (χ0) is 16.2. The van der Waals surface area contributed by atoms with Crippen LogP contribution in [0.4, 0.5) is 0 Å². The Kier molecular flexibility index (Phi) is 3.62. The minimum absolute atomic E-state index is 0.137. The Morgan fingerprint density at radius 3 is 1.91 bits per heavy atom. The maximum absolute atomic E-state index is 6.77. The van der Waals surface area contributed by atoms with Crippen molar-refractivity contribution in [3.8, 4) is 5.75 Å². The summed E-state index contributed by atoms with van der Waals surface area (Å²) in [5.74, 6) is 1.23. The molecule has 1 heteroatoms. The highest BCUT2D eigenvalue weighted by Gasteiger charge is 2.42. The second-order valence-corrected chi connectivity index (χ2v) is 9.46. The second-order valence-electron chi connectivity index (χ2n) is 9.46. The summed E-state index contributed by atoms with van der Waals surface area (Å²) in [5.41, 5.74) is 4.81. The fourth-order valence-electron chi connectivity index (χ4n) is 4.28. The van der Waals surface area contributed by atoms with Crippen molar-refractivity contribution in [2.75, 3.05) is 0 Å². The lowest BCUT2D eigenvalue weighted by Gasteiger charge is -2.41. The first kappa shape index (κ1) is 15.9. The van der Waals surface area contributed by atoms with Gasteiger partial charge in [0.05, 0.1) is 0 Å². The van der Waals surface area contributed by atoms with E-state index in [0.717, 1.165) is 0 Å². The van der Waals surface area contributed by atoms with E-state index in [1.165, 1.54) is 61.0 Å². The van der Waals surface area contributed by atoms with E-state index in [4.69, 9.17) is 4.74 Å². The first-order valence-corrected chi connectivity index (χ1v) is 8.98. The highest BCUT2D eigenvalue weighted by atomic mass is 16.5. The fraction of sp³-hybridized carbons (Fsp3) is 0.714. The molecule has 3 rings (SSSR count). The molecule has 22 heavy (non-hydrogen) atoms. The van der Waals surface area contributed by atoms with Crippen LogP contribution in [0.1, 0.15) is 90.3 Å². The van der Waals surface area contributed by atoms with Gasteiger partial charge in [0.25, 0.3) is 0 Å². The molecule has 1 spiro atoms. The van der Waals surface area contributed by atoms with Crippen LogP contribution in [0, 0.1) is 0 Å². The molecule has 0 bridgehead atoms. The molecule has 2 aliphatic rings. The molecule has 0 unspecified atom stereocenters. The van der Waals surface area contributed by atoms with Gasteiger partial charge in [0.15, 0.2) is 0 Å². The lowest BCUT2D eigenvalue weighted by molar-refractivity contribution is 0.0504. The standard InChI is InChI=1S/C21H32O/c1-19(2,3)16-9-10-17(20(4,5)6)18-15(16)11-14-21(22-18)12-7-8-13-21/h9-10H,7-8,11-14H2,1-6H3. The van der Waals surface area contributed by atoms with Crippen molar-refractivity contribution in [3.63, 3.8) is 0 Å². The maximum Gasteiger partial charge on any atom is 0.127 e. The lowest BCUT2D eigenvalue weighted by Crippen LogP contribution is -2.38. The van der Waals surface area contributed by atoms with Gasteiger partial charge in [0.2, 0.25) is 0 Å². The Morgan fingerprint density at radius 2 is 1.36 bits per heavy atom. The van der Waals surface area contributed by atoms with Gasteiger partial charge in [-0.3, -0.25) is 0 Å². The normalized spacial score (nSPS) is 20.8. The zero-order valence-corrected chi connectivity index (χ0v) is 15.3. The van der Waals surface area contributed by atoms with Gasteiger partial charge < -0.3 is 4.74 Å². The van der Waals surface area contributed by atoms with E-state index in [0.29, 0.717) is 0 Å². The van der Waals surface area contributed by atoms with Gasteiger partial charge in [-0.05, 0) is 66.0 Å². The average Bonchev–Trinajstić information content (AvgIpc) is 2.83. The molecule has 1 aliphatic heterocycles. The summed E-state index contributed by atoms with van der Waals surface area (Å²) in [6.45, 7) is 13.9. The van der Waals surface area contributed by atoms with E-state index in [1.54, 1.807) is 0 Å². The fourth-order valence-corrected chi connectivity index (χ4v) is 4.28. The third kappa shape index (κ3) is 2.68. The number of ether oxygens (including phenoxy) is 1. The van der Waals surface area contributed by atoms with Crippen molar-refractivity contribution in [2.24, 2.45) is 0 Å². The van der Waals surface area contributed by atoms with Gasteiger partial charge in [-0.1, -0.05) is 53.7 Å². The van der Waals surface area contributed by atoms with Crippen LogP contribution in [0.15, 0.2) is 12.1 Å². The Hall–Kier alpha value is -0.980. The van der Waals surface area contributed by atoms with Crippen LogP contribution in [0.25, 0.3) is 0 Å². The molecule has 0 atom stereocenters. The van der Waals surface area contributed by atoms with E-state index >= 15 is 0 Å².